The van der Waals surface area contributed by atoms with Gasteiger partial charge in [-0.05, 0) is 68.7 Å². The molecule has 170 valence electrons. The van der Waals surface area contributed by atoms with Crippen LogP contribution in [-0.2, 0) is 22.7 Å². The van der Waals surface area contributed by atoms with Gasteiger partial charge in [0.2, 0.25) is 5.82 Å². The Balaban J connectivity index is 1.46. The summed E-state index contributed by atoms with van der Waals surface area (Å²) in [5.41, 5.74) is 1.14. The molecule has 0 saturated carbocycles. The van der Waals surface area contributed by atoms with Crippen LogP contribution in [0, 0.1) is 5.41 Å². The second-order valence-corrected chi connectivity index (χ2v) is 8.45. The molecule has 0 aliphatic heterocycles. The van der Waals surface area contributed by atoms with Gasteiger partial charge in [0, 0.05) is 6.61 Å². The number of rotatable bonds is 10. The van der Waals surface area contributed by atoms with E-state index in [2.05, 4.69) is 15.4 Å². The molecular formula is C24H30N4O4. The fourth-order valence-corrected chi connectivity index (χ4v) is 2.81. The zero-order valence-electron chi connectivity index (χ0n) is 19.1. The summed E-state index contributed by atoms with van der Waals surface area (Å²) in [6.07, 6.45) is 1.74. The van der Waals surface area contributed by atoms with Crippen molar-refractivity contribution in [3.05, 3.63) is 54.1 Å². The summed E-state index contributed by atoms with van der Waals surface area (Å²) in [5, 5.41) is 12.7. The predicted molar refractivity (Wildman–Crippen MR) is 120 cm³/mol. The summed E-state index contributed by atoms with van der Waals surface area (Å²) >= 11 is 0. The first-order valence-corrected chi connectivity index (χ1v) is 10.7. The van der Waals surface area contributed by atoms with E-state index in [1.165, 1.54) is 0 Å². The van der Waals surface area contributed by atoms with Crippen molar-refractivity contribution < 1.29 is 19.0 Å². The third kappa shape index (κ3) is 6.62. The maximum Gasteiger partial charge on any atom is 0.316 e. The maximum atomic E-state index is 12.3. The van der Waals surface area contributed by atoms with E-state index in [-0.39, 0.29) is 5.97 Å². The summed E-state index contributed by atoms with van der Waals surface area (Å²) < 4.78 is 16.5. The topological polar surface area (TPSA) is 88.4 Å². The van der Waals surface area contributed by atoms with Crippen LogP contribution in [0.4, 0.5) is 0 Å². The van der Waals surface area contributed by atoms with E-state index in [1.807, 2.05) is 63.2 Å². The molecule has 0 aliphatic carbocycles. The highest BCUT2D eigenvalue weighted by molar-refractivity contribution is 5.80. The second kappa shape index (κ2) is 10.9. The van der Waals surface area contributed by atoms with Crippen LogP contribution < -0.4 is 9.47 Å². The van der Waals surface area contributed by atoms with Gasteiger partial charge in [0.15, 0.2) is 0 Å². The van der Waals surface area contributed by atoms with E-state index >= 15 is 0 Å². The molecule has 1 aromatic heterocycles. The van der Waals surface area contributed by atoms with Crippen molar-refractivity contribution in [1.82, 2.24) is 20.2 Å². The largest absolute Gasteiger partial charge is 0.497 e. The van der Waals surface area contributed by atoms with Gasteiger partial charge in [-0.3, -0.25) is 4.79 Å². The molecule has 0 unspecified atom stereocenters. The van der Waals surface area contributed by atoms with Gasteiger partial charge in [0.1, 0.15) is 11.5 Å². The molecule has 3 aromatic rings. The van der Waals surface area contributed by atoms with Crippen LogP contribution in [0.2, 0.25) is 0 Å². The Bertz CT molecular complexity index is 1010. The summed E-state index contributed by atoms with van der Waals surface area (Å²) in [6, 6.07) is 15.1. The monoisotopic (exact) mass is 438 g/mol. The van der Waals surface area contributed by atoms with Crippen molar-refractivity contribution in [2.24, 2.45) is 5.41 Å². The van der Waals surface area contributed by atoms with Crippen molar-refractivity contribution in [3.63, 3.8) is 0 Å². The molecule has 0 saturated heterocycles. The Hall–Kier alpha value is -3.26. The van der Waals surface area contributed by atoms with Gasteiger partial charge in [0.05, 0.1) is 31.2 Å². The molecule has 0 atom stereocenters. The van der Waals surface area contributed by atoms with E-state index in [0.29, 0.717) is 36.9 Å². The van der Waals surface area contributed by atoms with Crippen molar-refractivity contribution in [2.75, 3.05) is 13.7 Å². The molecule has 0 fully saturated rings. The summed E-state index contributed by atoms with van der Waals surface area (Å²) in [5.74, 6) is 1.38. The van der Waals surface area contributed by atoms with Crippen molar-refractivity contribution in [3.8, 4) is 22.9 Å². The van der Waals surface area contributed by atoms with E-state index in [4.69, 9.17) is 14.2 Å². The number of para-hydroxylation sites is 1. The number of aryl methyl sites for hydroxylation is 1. The fraction of sp³-hybridized carbons (Fsp3) is 0.417. The van der Waals surface area contributed by atoms with Gasteiger partial charge in [-0.2, -0.15) is 4.80 Å². The maximum absolute atomic E-state index is 12.3. The van der Waals surface area contributed by atoms with Crippen LogP contribution in [0.15, 0.2) is 48.5 Å². The molecule has 0 radical (unpaired) electrons. The number of unbranched alkanes of at least 4 members (excludes halogenated alkanes) is 1. The molecule has 32 heavy (non-hydrogen) atoms. The van der Waals surface area contributed by atoms with Crippen LogP contribution in [-0.4, -0.2) is 39.9 Å². The number of hydrogen-bond acceptors (Lipinski definition) is 7. The lowest BCUT2D eigenvalue weighted by atomic mass is 9.97. The smallest absolute Gasteiger partial charge is 0.316 e. The molecule has 8 nitrogen and oxygen atoms in total. The summed E-state index contributed by atoms with van der Waals surface area (Å²) in [4.78, 5) is 13.8. The van der Waals surface area contributed by atoms with Crippen molar-refractivity contribution >= 4 is 5.97 Å². The van der Waals surface area contributed by atoms with Crippen LogP contribution in [0.1, 0.15) is 39.2 Å². The molecule has 0 N–H and O–H groups in total. The first-order chi connectivity index (χ1) is 15.4. The number of carbonyl (C=O) groups is 1. The Labute approximate surface area is 188 Å². The van der Waals surface area contributed by atoms with Crippen LogP contribution in [0.3, 0.4) is 0 Å². The van der Waals surface area contributed by atoms with E-state index < -0.39 is 5.41 Å². The normalized spacial score (nSPS) is 11.4. The van der Waals surface area contributed by atoms with Gasteiger partial charge in [-0.15, -0.1) is 10.2 Å². The van der Waals surface area contributed by atoms with E-state index in [0.717, 1.165) is 24.2 Å². The van der Waals surface area contributed by atoms with Crippen LogP contribution in [0.25, 0.3) is 11.4 Å². The van der Waals surface area contributed by atoms with Gasteiger partial charge in [0.25, 0.3) is 0 Å². The minimum Gasteiger partial charge on any atom is -0.497 e. The minimum absolute atomic E-state index is 0.313. The van der Waals surface area contributed by atoms with Crippen LogP contribution >= 0.6 is 0 Å². The Morgan fingerprint density at radius 2 is 1.78 bits per heavy atom. The van der Waals surface area contributed by atoms with Gasteiger partial charge < -0.3 is 14.2 Å². The summed E-state index contributed by atoms with van der Waals surface area (Å²) in [6.45, 7) is 7.29. The fourth-order valence-electron chi connectivity index (χ4n) is 2.81. The predicted octanol–water partition coefficient (Wildman–Crippen LogP) is 4.30. The Kier molecular flexibility index (Phi) is 7.94. The van der Waals surface area contributed by atoms with Crippen LogP contribution in [0.5, 0.6) is 11.5 Å². The lowest BCUT2D eigenvalue weighted by Crippen LogP contribution is -2.25. The number of benzene rings is 2. The number of methoxy groups -OCH3 is 1. The van der Waals surface area contributed by atoms with Gasteiger partial charge >= 0.3 is 5.97 Å². The molecule has 0 aliphatic rings. The number of aromatic nitrogens is 4. The highest BCUT2D eigenvalue weighted by atomic mass is 16.5. The molecular weight excluding hydrogens is 408 g/mol. The lowest BCUT2D eigenvalue weighted by Gasteiger charge is -2.17. The van der Waals surface area contributed by atoms with E-state index in [9.17, 15) is 4.79 Å². The standard InChI is InChI=1S/C24H30N4O4/c1-24(2,3)23(29)32-21-10-6-5-9-20(21)22-25-27-28(26-22)15-7-8-16-31-17-18-11-13-19(30-4)14-12-18/h5-6,9-14H,7-8,15-17H2,1-4H3. The number of esters is 1. The molecule has 0 amide bonds. The average molecular weight is 439 g/mol. The molecule has 1 heterocycles. The van der Waals surface area contributed by atoms with Gasteiger partial charge in [-0.25, -0.2) is 0 Å². The second-order valence-electron chi connectivity index (χ2n) is 8.45. The van der Waals surface area contributed by atoms with Crippen molar-refractivity contribution in [1.29, 1.82) is 0 Å². The SMILES string of the molecule is COc1ccc(COCCCCn2nnc(-c3ccccc3OC(=O)C(C)(C)C)n2)cc1. The third-order valence-electron chi connectivity index (χ3n) is 4.72. The van der Waals surface area contributed by atoms with Crippen molar-refractivity contribution in [2.45, 2.75) is 46.8 Å². The highest BCUT2D eigenvalue weighted by Crippen LogP contribution is 2.29. The molecule has 8 heteroatoms. The molecule has 3 rings (SSSR count). The Morgan fingerprint density at radius 1 is 1.03 bits per heavy atom. The quantitative estimate of drug-likeness (QED) is 0.265. The number of ether oxygens (including phenoxy) is 3. The lowest BCUT2D eigenvalue weighted by molar-refractivity contribution is -0.142. The third-order valence-corrected chi connectivity index (χ3v) is 4.72. The summed E-state index contributed by atoms with van der Waals surface area (Å²) in [7, 11) is 1.65. The Morgan fingerprint density at radius 3 is 2.50 bits per heavy atom. The highest BCUT2D eigenvalue weighted by Gasteiger charge is 2.25. The molecule has 0 spiro atoms. The number of nitrogens with zero attached hydrogens (tertiary/aromatic N) is 4. The number of carbonyl (C=O) groups excluding carboxylic acids is 1. The first kappa shape index (κ1) is 23.4. The zero-order valence-corrected chi connectivity index (χ0v) is 19.1. The molecule has 2 aromatic carbocycles. The van der Waals surface area contributed by atoms with E-state index in [1.54, 1.807) is 18.0 Å². The number of tetrazole rings is 1. The molecule has 0 bridgehead atoms. The van der Waals surface area contributed by atoms with Gasteiger partial charge in [-0.1, -0.05) is 24.3 Å². The first-order valence-electron chi connectivity index (χ1n) is 10.7. The number of hydrogen-bond donors (Lipinski definition) is 0. The minimum atomic E-state index is -0.604. The zero-order chi connectivity index (χ0) is 23.0. The average Bonchev–Trinajstić information content (AvgIpc) is 3.25.